The molecule has 1 aliphatic rings. The minimum Gasteiger partial charge on any atom is -0.465 e. The number of carbonyl (C=O) groups is 1. The van der Waals surface area contributed by atoms with Gasteiger partial charge in [0.2, 0.25) is 5.88 Å². The first-order valence-corrected chi connectivity index (χ1v) is 10.4. The Labute approximate surface area is 194 Å². The van der Waals surface area contributed by atoms with E-state index in [1.807, 2.05) is 12.1 Å². The number of benzene rings is 1. The number of pyridine rings is 2. The van der Waals surface area contributed by atoms with Crippen molar-refractivity contribution in [1.82, 2.24) is 9.55 Å². The molecule has 0 saturated carbocycles. The SMILES string of the molecule is COC(=O)C1=C(N)Oc2cc(C)n(Cc3ccccn3)c(=O)c2[C@@H]1c1ccc(Cl)c(Cl)c1. The van der Waals surface area contributed by atoms with Crippen molar-refractivity contribution in [2.45, 2.75) is 19.4 Å². The van der Waals surface area contributed by atoms with Gasteiger partial charge < -0.3 is 19.8 Å². The van der Waals surface area contributed by atoms with E-state index in [0.717, 1.165) is 0 Å². The van der Waals surface area contributed by atoms with E-state index in [1.54, 1.807) is 48.0 Å². The number of esters is 1. The summed E-state index contributed by atoms with van der Waals surface area (Å²) in [6, 6.07) is 12.1. The van der Waals surface area contributed by atoms with Crippen LogP contribution >= 0.6 is 23.2 Å². The molecule has 2 aromatic heterocycles. The number of halogens is 2. The third-order valence-corrected chi connectivity index (χ3v) is 6.04. The Bertz CT molecular complexity index is 1300. The zero-order chi connectivity index (χ0) is 23.0. The zero-order valence-electron chi connectivity index (χ0n) is 17.3. The predicted octanol–water partition coefficient (Wildman–Crippen LogP) is 3.77. The second-order valence-corrected chi connectivity index (χ2v) is 8.07. The number of ether oxygens (including phenoxy) is 2. The van der Waals surface area contributed by atoms with Crippen LogP contribution in [-0.4, -0.2) is 22.6 Å². The van der Waals surface area contributed by atoms with Gasteiger partial charge in [0.05, 0.1) is 40.9 Å². The maximum absolute atomic E-state index is 13.7. The molecule has 2 N–H and O–H groups in total. The lowest BCUT2D eigenvalue weighted by molar-refractivity contribution is -0.136. The Kier molecular flexibility index (Phi) is 5.95. The first-order chi connectivity index (χ1) is 15.3. The molecule has 0 fully saturated rings. The Morgan fingerprint density at radius 3 is 2.66 bits per heavy atom. The largest absolute Gasteiger partial charge is 0.465 e. The second kappa shape index (κ2) is 8.68. The van der Waals surface area contributed by atoms with E-state index in [1.165, 1.54) is 7.11 Å². The lowest BCUT2D eigenvalue weighted by Gasteiger charge is -2.29. The molecule has 0 aliphatic carbocycles. The summed E-state index contributed by atoms with van der Waals surface area (Å²) >= 11 is 12.3. The molecule has 0 spiro atoms. The average Bonchev–Trinajstić information content (AvgIpc) is 2.78. The van der Waals surface area contributed by atoms with E-state index in [0.29, 0.717) is 22.0 Å². The highest BCUT2D eigenvalue weighted by Gasteiger charge is 2.38. The molecule has 0 bridgehead atoms. The van der Waals surface area contributed by atoms with Crippen LogP contribution in [0.5, 0.6) is 5.75 Å². The predicted molar refractivity (Wildman–Crippen MR) is 121 cm³/mol. The highest BCUT2D eigenvalue weighted by atomic mass is 35.5. The van der Waals surface area contributed by atoms with Gasteiger partial charge in [0.15, 0.2) is 0 Å². The lowest BCUT2D eigenvalue weighted by atomic mass is 9.83. The Morgan fingerprint density at radius 2 is 2.00 bits per heavy atom. The molecule has 0 unspecified atom stereocenters. The summed E-state index contributed by atoms with van der Waals surface area (Å²) in [6.45, 7) is 2.04. The molecule has 164 valence electrons. The number of hydrogen-bond acceptors (Lipinski definition) is 6. The number of aromatic nitrogens is 2. The first-order valence-electron chi connectivity index (χ1n) is 9.66. The van der Waals surface area contributed by atoms with Gasteiger partial charge in [-0.2, -0.15) is 0 Å². The van der Waals surface area contributed by atoms with Crippen molar-refractivity contribution in [3.8, 4) is 5.75 Å². The van der Waals surface area contributed by atoms with Gasteiger partial charge in [-0.1, -0.05) is 35.3 Å². The fraction of sp³-hybridized carbons (Fsp3) is 0.174. The molecule has 0 saturated heterocycles. The smallest absolute Gasteiger partial charge is 0.340 e. The van der Waals surface area contributed by atoms with Gasteiger partial charge in [0.25, 0.3) is 5.56 Å². The van der Waals surface area contributed by atoms with E-state index in [-0.39, 0.29) is 39.9 Å². The molecule has 9 heteroatoms. The van der Waals surface area contributed by atoms with Crippen molar-refractivity contribution in [1.29, 1.82) is 0 Å². The van der Waals surface area contributed by atoms with Gasteiger partial charge in [-0.05, 0) is 36.8 Å². The number of nitrogens with two attached hydrogens (primary N) is 1. The maximum Gasteiger partial charge on any atom is 0.340 e. The van der Waals surface area contributed by atoms with Crippen LogP contribution in [0.25, 0.3) is 0 Å². The van der Waals surface area contributed by atoms with Gasteiger partial charge in [0.1, 0.15) is 11.3 Å². The third kappa shape index (κ3) is 3.85. The molecular formula is C23H19Cl2N3O4. The summed E-state index contributed by atoms with van der Waals surface area (Å²) in [6.07, 6.45) is 1.66. The number of rotatable bonds is 4. The van der Waals surface area contributed by atoms with E-state index >= 15 is 0 Å². The normalized spacial score (nSPS) is 15.2. The van der Waals surface area contributed by atoms with Crippen molar-refractivity contribution in [3.63, 3.8) is 0 Å². The second-order valence-electron chi connectivity index (χ2n) is 7.25. The molecule has 4 rings (SSSR count). The summed E-state index contributed by atoms with van der Waals surface area (Å²) in [7, 11) is 1.23. The van der Waals surface area contributed by atoms with Crippen molar-refractivity contribution >= 4 is 29.2 Å². The van der Waals surface area contributed by atoms with E-state index in [9.17, 15) is 9.59 Å². The Hall–Kier alpha value is -3.29. The molecule has 1 atom stereocenters. The summed E-state index contributed by atoms with van der Waals surface area (Å²) < 4.78 is 12.2. The third-order valence-electron chi connectivity index (χ3n) is 5.30. The van der Waals surface area contributed by atoms with Crippen molar-refractivity contribution in [2.24, 2.45) is 5.73 Å². The molecule has 0 radical (unpaired) electrons. The average molecular weight is 472 g/mol. The first kappa shape index (κ1) is 21.9. The van der Waals surface area contributed by atoms with Crippen molar-refractivity contribution in [2.75, 3.05) is 7.11 Å². The minimum atomic E-state index is -0.857. The van der Waals surface area contributed by atoms with Crippen LogP contribution in [0.15, 0.2) is 64.9 Å². The van der Waals surface area contributed by atoms with Crippen LogP contribution in [0.1, 0.15) is 28.4 Å². The summed E-state index contributed by atoms with van der Waals surface area (Å²) in [5, 5.41) is 0.622. The van der Waals surface area contributed by atoms with Crippen LogP contribution in [0.3, 0.4) is 0 Å². The number of nitrogens with zero attached hydrogens (tertiary/aromatic N) is 2. The molecule has 0 amide bonds. The lowest BCUT2D eigenvalue weighted by Crippen LogP contribution is -2.35. The van der Waals surface area contributed by atoms with E-state index in [4.69, 9.17) is 38.4 Å². The van der Waals surface area contributed by atoms with Crippen LogP contribution in [-0.2, 0) is 16.1 Å². The molecule has 7 nitrogen and oxygen atoms in total. The summed E-state index contributed by atoms with van der Waals surface area (Å²) in [4.78, 5) is 30.7. The summed E-state index contributed by atoms with van der Waals surface area (Å²) in [5.74, 6) is -1.43. The molecule has 32 heavy (non-hydrogen) atoms. The highest BCUT2D eigenvalue weighted by molar-refractivity contribution is 6.42. The van der Waals surface area contributed by atoms with Crippen LogP contribution in [0.4, 0.5) is 0 Å². The topological polar surface area (TPSA) is 96.4 Å². The number of hydrogen-bond donors (Lipinski definition) is 1. The standard InChI is InChI=1S/C23H19Cl2N3O4/c1-12-9-17-19(22(29)28(12)11-14-5-3-4-8-27-14)18(13-6-7-15(24)16(25)10-13)20(21(26)32-17)23(30)31-2/h3-10,18H,11,26H2,1-2H3/t18-/m0/s1. The van der Waals surface area contributed by atoms with Crippen LogP contribution in [0, 0.1) is 6.92 Å². The number of fused-ring (bicyclic) bond motifs is 1. The van der Waals surface area contributed by atoms with E-state index < -0.39 is 11.9 Å². The van der Waals surface area contributed by atoms with Gasteiger partial charge >= 0.3 is 5.97 Å². The summed E-state index contributed by atoms with van der Waals surface area (Å²) in [5.41, 5.74) is 7.96. The van der Waals surface area contributed by atoms with E-state index in [2.05, 4.69) is 4.98 Å². The highest BCUT2D eigenvalue weighted by Crippen LogP contribution is 2.42. The van der Waals surface area contributed by atoms with Gasteiger partial charge in [0, 0.05) is 18.0 Å². The number of carbonyl (C=O) groups excluding carboxylic acids is 1. The molecule has 1 aliphatic heterocycles. The van der Waals surface area contributed by atoms with Crippen LogP contribution in [0.2, 0.25) is 10.0 Å². The molecule has 1 aromatic carbocycles. The van der Waals surface area contributed by atoms with Gasteiger partial charge in [-0.15, -0.1) is 0 Å². The number of methoxy groups -OCH3 is 1. The fourth-order valence-corrected chi connectivity index (χ4v) is 4.08. The fourth-order valence-electron chi connectivity index (χ4n) is 3.77. The van der Waals surface area contributed by atoms with Crippen LogP contribution < -0.4 is 16.0 Å². The Morgan fingerprint density at radius 1 is 1.22 bits per heavy atom. The zero-order valence-corrected chi connectivity index (χ0v) is 18.8. The maximum atomic E-state index is 13.7. The quantitative estimate of drug-likeness (QED) is 0.581. The van der Waals surface area contributed by atoms with Gasteiger partial charge in [-0.3, -0.25) is 9.78 Å². The molecule has 3 heterocycles. The van der Waals surface area contributed by atoms with Crippen molar-refractivity contribution in [3.05, 3.63) is 103 Å². The minimum absolute atomic E-state index is 0.0173. The monoisotopic (exact) mass is 471 g/mol. The molecule has 3 aromatic rings. The van der Waals surface area contributed by atoms with Crippen molar-refractivity contribution < 1.29 is 14.3 Å². The molecular weight excluding hydrogens is 453 g/mol. The number of aryl methyl sites for hydroxylation is 1. The Balaban J connectivity index is 1.96. The van der Waals surface area contributed by atoms with Gasteiger partial charge in [-0.25, -0.2) is 4.79 Å².